The number of rotatable bonds is 10. The lowest BCUT2D eigenvalue weighted by Crippen LogP contribution is -2.32. The molecule has 0 aromatic heterocycles. The molecular weight excluding hydrogens is 384 g/mol. The molecule has 0 aliphatic carbocycles. The molecule has 1 amide bonds. The van der Waals surface area contributed by atoms with E-state index in [4.69, 9.17) is 16.3 Å². The summed E-state index contributed by atoms with van der Waals surface area (Å²) in [6.45, 7) is 10.5. The molecule has 4 nitrogen and oxygen atoms in total. The van der Waals surface area contributed by atoms with Crippen LogP contribution < -0.4 is 10.6 Å². The van der Waals surface area contributed by atoms with Crippen LogP contribution in [0.2, 0.25) is 5.02 Å². The summed E-state index contributed by atoms with van der Waals surface area (Å²) in [4.78, 5) is 13.3. The number of allylic oxidation sites excluding steroid dienone is 2. The van der Waals surface area contributed by atoms with Gasteiger partial charge >= 0.3 is 0 Å². The second-order valence-electron chi connectivity index (χ2n) is 7.58. The van der Waals surface area contributed by atoms with Crippen LogP contribution in [0.1, 0.15) is 65.4 Å². The number of hydrogen-bond donors (Lipinski definition) is 2. The smallest absolute Gasteiger partial charge is 0.251 e. The molecule has 160 valence electrons. The molecule has 2 N–H and O–H groups in total. The van der Waals surface area contributed by atoms with Crippen LogP contribution in [0.3, 0.4) is 0 Å². The first-order chi connectivity index (χ1) is 14.0. The van der Waals surface area contributed by atoms with Gasteiger partial charge in [0.15, 0.2) is 0 Å². The molecule has 1 saturated heterocycles. The summed E-state index contributed by atoms with van der Waals surface area (Å²) in [7, 11) is 0. The second-order valence-corrected chi connectivity index (χ2v) is 8.02. The Balaban J connectivity index is 2.28. The molecule has 0 bridgehead atoms. The molecule has 29 heavy (non-hydrogen) atoms. The number of carbonyl (C=O) groups excluding carboxylic acids is 1. The lowest BCUT2D eigenvalue weighted by Gasteiger charge is -2.23. The summed E-state index contributed by atoms with van der Waals surface area (Å²) in [6, 6.07) is 7.92. The van der Waals surface area contributed by atoms with Crippen molar-refractivity contribution in [3.8, 4) is 0 Å². The van der Waals surface area contributed by atoms with E-state index in [1.165, 1.54) is 5.70 Å². The van der Waals surface area contributed by atoms with Crippen molar-refractivity contribution < 1.29 is 9.53 Å². The quantitative estimate of drug-likeness (QED) is 0.388. The van der Waals surface area contributed by atoms with Gasteiger partial charge in [-0.15, -0.1) is 0 Å². The van der Waals surface area contributed by atoms with Crippen LogP contribution in [0.15, 0.2) is 46.7 Å². The zero-order valence-corrected chi connectivity index (χ0v) is 19.0. The maximum Gasteiger partial charge on any atom is 0.251 e. The van der Waals surface area contributed by atoms with Gasteiger partial charge in [0.1, 0.15) is 0 Å². The first-order valence-electron chi connectivity index (χ1n) is 10.8. The SMILES string of the molecule is CCC/C(C(C(=O)NCc1ccc(Cl)cc1)=C(C)CC)=C(\CC)NC1CCOC1. The van der Waals surface area contributed by atoms with Crippen LogP contribution in [0.4, 0.5) is 0 Å². The lowest BCUT2D eigenvalue weighted by atomic mass is 9.92. The van der Waals surface area contributed by atoms with Crippen LogP contribution in [0.5, 0.6) is 0 Å². The maximum atomic E-state index is 13.3. The Bertz CT molecular complexity index is 732. The molecule has 1 unspecified atom stereocenters. The van der Waals surface area contributed by atoms with Crippen molar-refractivity contribution in [3.05, 3.63) is 57.3 Å². The zero-order chi connectivity index (χ0) is 21.2. The zero-order valence-electron chi connectivity index (χ0n) is 18.2. The van der Waals surface area contributed by atoms with Gasteiger partial charge in [0.05, 0.1) is 12.6 Å². The van der Waals surface area contributed by atoms with Gasteiger partial charge in [-0.05, 0) is 55.9 Å². The summed E-state index contributed by atoms with van der Waals surface area (Å²) >= 11 is 5.97. The molecule has 1 aliphatic heterocycles. The number of amides is 1. The molecule has 1 aromatic rings. The molecule has 1 atom stereocenters. The van der Waals surface area contributed by atoms with Crippen molar-refractivity contribution in [2.75, 3.05) is 13.2 Å². The Labute approximate surface area is 180 Å². The topological polar surface area (TPSA) is 50.4 Å². The maximum absolute atomic E-state index is 13.3. The highest BCUT2D eigenvalue weighted by Gasteiger charge is 2.22. The summed E-state index contributed by atoms with van der Waals surface area (Å²) in [6.07, 6.45) is 4.60. The minimum atomic E-state index is -0.00169. The Morgan fingerprint density at radius 3 is 2.45 bits per heavy atom. The average Bonchev–Trinajstić information content (AvgIpc) is 3.24. The molecule has 5 heteroatoms. The molecule has 1 aliphatic rings. The van der Waals surface area contributed by atoms with Crippen LogP contribution in [0.25, 0.3) is 0 Å². The van der Waals surface area contributed by atoms with Crippen LogP contribution in [-0.2, 0) is 16.1 Å². The van der Waals surface area contributed by atoms with Gasteiger partial charge in [0, 0.05) is 29.4 Å². The van der Waals surface area contributed by atoms with E-state index >= 15 is 0 Å². The van der Waals surface area contributed by atoms with E-state index in [1.807, 2.05) is 24.3 Å². The Morgan fingerprint density at radius 2 is 1.90 bits per heavy atom. The fourth-order valence-electron chi connectivity index (χ4n) is 3.61. The Kier molecular flexibility index (Phi) is 9.75. The van der Waals surface area contributed by atoms with E-state index in [9.17, 15) is 4.79 Å². The minimum Gasteiger partial charge on any atom is -0.383 e. The number of carbonyl (C=O) groups is 1. The molecule has 0 spiro atoms. The lowest BCUT2D eigenvalue weighted by molar-refractivity contribution is -0.117. The van der Waals surface area contributed by atoms with Crippen LogP contribution >= 0.6 is 11.6 Å². The number of nitrogens with one attached hydrogen (secondary N) is 2. The van der Waals surface area contributed by atoms with Gasteiger partial charge in [-0.3, -0.25) is 4.79 Å². The van der Waals surface area contributed by atoms with Crippen molar-refractivity contribution in [3.63, 3.8) is 0 Å². The minimum absolute atomic E-state index is 0.00169. The Hall–Kier alpha value is -1.78. The average molecular weight is 419 g/mol. The van der Waals surface area contributed by atoms with Crippen molar-refractivity contribution in [1.82, 2.24) is 10.6 Å². The van der Waals surface area contributed by atoms with Crippen molar-refractivity contribution in [1.29, 1.82) is 0 Å². The molecule has 1 aromatic carbocycles. The predicted octanol–water partition coefficient (Wildman–Crippen LogP) is 5.53. The van der Waals surface area contributed by atoms with Crippen LogP contribution in [0, 0.1) is 0 Å². The number of ether oxygens (including phenoxy) is 1. The predicted molar refractivity (Wildman–Crippen MR) is 121 cm³/mol. The summed E-state index contributed by atoms with van der Waals surface area (Å²) < 4.78 is 5.53. The molecule has 1 heterocycles. The van der Waals surface area contributed by atoms with Gasteiger partial charge in [-0.2, -0.15) is 0 Å². The summed E-state index contributed by atoms with van der Waals surface area (Å²) in [5.74, 6) is -0.00169. The highest BCUT2D eigenvalue weighted by Crippen LogP contribution is 2.27. The fraction of sp³-hybridized carbons (Fsp3) is 0.542. The second kappa shape index (κ2) is 12.0. The van der Waals surface area contributed by atoms with E-state index < -0.39 is 0 Å². The van der Waals surface area contributed by atoms with Gasteiger partial charge in [-0.25, -0.2) is 0 Å². The van der Waals surface area contributed by atoms with E-state index in [0.717, 1.165) is 67.6 Å². The van der Waals surface area contributed by atoms with Gasteiger partial charge in [-0.1, -0.05) is 56.5 Å². The third-order valence-corrected chi connectivity index (χ3v) is 5.63. The highest BCUT2D eigenvalue weighted by molar-refractivity contribution is 6.30. The monoisotopic (exact) mass is 418 g/mol. The summed E-state index contributed by atoms with van der Waals surface area (Å²) in [5.41, 5.74) is 5.32. The first-order valence-corrected chi connectivity index (χ1v) is 11.2. The normalized spacial score (nSPS) is 18.2. The van der Waals surface area contributed by atoms with Crippen molar-refractivity contribution in [2.24, 2.45) is 0 Å². The standard InChI is InChI=1S/C24H35ClN2O2/c1-5-8-21(22(7-3)27-20-13-14-29-16-20)23(17(4)6-2)24(28)26-15-18-9-11-19(25)12-10-18/h9-12,20,27H,5-8,13-16H2,1-4H3,(H,26,28)/b22-21-,23-17?. The molecule has 1 fully saturated rings. The van der Waals surface area contributed by atoms with Gasteiger partial charge < -0.3 is 15.4 Å². The Morgan fingerprint density at radius 1 is 1.17 bits per heavy atom. The van der Waals surface area contributed by atoms with Gasteiger partial charge in [0.2, 0.25) is 0 Å². The molecular formula is C24H35ClN2O2. The molecule has 0 saturated carbocycles. The third kappa shape index (κ3) is 6.90. The largest absolute Gasteiger partial charge is 0.383 e. The number of halogens is 1. The third-order valence-electron chi connectivity index (χ3n) is 5.38. The van der Waals surface area contributed by atoms with Crippen LogP contribution in [-0.4, -0.2) is 25.2 Å². The van der Waals surface area contributed by atoms with Gasteiger partial charge in [0.25, 0.3) is 5.91 Å². The summed E-state index contributed by atoms with van der Waals surface area (Å²) in [5, 5.41) is 7.49. The van der Waals surface area contributed by atoms with E-state index in [0.29, 0.717) is 17.6 Å². The van der Waals surface area contributed by atoms with E-state index in [2.05, 4.69) is 38.3 Å². The highest BCUT2D eigenvalue weighted by atomic mass is 35.5. The number of benzene rings is 1. The van der Waals surface area contributed by atoms with E-state index in [-0.39, 0.29) is 5.91 Å². The first kappa shape index (κ1) is 23.5. The van der Waals surface area contributed by atoms with Crippen molar-refractivity contribution >= 4 is 17.5 Å². The molecule has 2 rings (SSSR count). The molecule has 0 radical (unpaired) electrons. The van der Waals surface area contributed by atoms with E-state index in [1.54, 1.807) is 0 Å². The fourth-order valence-corrected chi connectivity index (χ4v) is 3.74. The van der Waals surface area contributed by atoms with Crippen molar-refractivity contribution in [2.45, 2.75) is 72.4 Å². The number of hydrogen-bond acceptors (Lipinski definition) is 3.